The lowest BCUT2D eigenvalue weighted by molar-refractivity contribution is -0.133. The Morgan fingerprint density at radius 1 is 1.28 bits per heavy atom. The van der Waals surface area contributed by atoms with E-state index in [-0.39, 0.29) is 5.91 Å². The second-order valence-corrected chi connectivity index (χ2v) is 8.92. The van der Waals surface area contributed by atoms with E-state index in [0.717, 1.165) is 66.1 Å². The molecule has 32 heavy (non-hydrogen) atoms. The first-order valence-electron chi connectivity index (χ1n) is 10.9. The van der Waals surface area contributed by atoms with Gasteiger partial charge in [-0.15, -0.1) is 11.3 Å². The lowest BCUT2D eigenvalue weighted by Crippen LogP contribution is -2.48. The zero-order valence-electron chi connectivity index (χ0n) is 18.6. The largest absolute Gasteiger partial charge is 0.462 e. The molecule has 0 aromatic carbocycles. The van der Waals surface area contributed by atoms with Gasteiger partial charge >= 0.3 is 0 Å². The maximum absolute atomic E-state index is 12.8. The molecule has 8 nitrogen and oxygen atoms in total. The normalized spacial score (nSPS) is 14.6. The number of aryl methyl sites for hydroxylation is 2. The molecule has 1 amide bonds. The fraction of sp³-hybridized carbons (Fsp3) is 0.478. The molecule has 0 aliphatic carbocycles. The fourth-order valence-corrected chi connectivity index (χ4v) is 4.91. The van der Waals surface area contributed by atoms with Crippen molar-refractivity contribution in [3.8, 4) is 16.8 Å². The molecule has 4 rings (SSSR count). The molecule has 9 heteroatoms. The van der Waals surface area contributed by atoms with E-state index < -0.39 is 0 Å². The molecule has 4 heterocycles. The average molecular weight is 453 g/mol. The topological polar surface area (TPSA) is 91.2 Å². The van der Waals surface area contributed by atoms with Gasteiger partial charge in [-0.05, 0) is 38.0 Å². The summed E-state index contributed by atoms with van der Waals surface area (Å²) in [6, 6.07) is 5.95. The van der Waals surface area contributed by atoms with E-state index in [1.807, 2.05) is 35.6 Å². The number of carbonyl (C=O) groups is 1. The quantitative estimate of drug-likeness (QED) is 0.520. The van der Waals surface area contributed by atoms with E-state index in [1.54, 1.807) is 17.6 Å². The first-order chi connectivity index (χ1) is 15.5. The molecule has 0 N–H and O–H groups in total. The molecule has 3 aromatic rings. The van der Waals surface area contributed by atoms with Crippen molar-refractivity contribution in [2.45, 2.75) is 46.2 Å². The number of hydrogen-bond acceptors (Lipinski definition) is 7. The minimum Gasteiger partial charge on any atom is -0.462 e. The zero-order chi connectivity index (χ0) is 22.5. The lowest BCUT2D eigenvalue weighted by atomic mass is 10.1. The highest BCUT2D eigenvalue weighted by atomic mass is 32.1. The van der Waals surface area contributed by atoms with Crippen molar-refractivity contribution in [3.63, 3.8) is 0 Å². The van der Waals surface area contributed by atoms with Gasteiger partial charge in [-0.3, -0.25) is 14.4 Å². The van der Waals surface area contributed by atoms with Crippen LogP contribution in [0, 0.1) is 25.2 Å². The summed E-state index contributed by atoms with van der Waals surface area (Å²) in [5, 5.41) is 16.3. The van der Waals surface area contributed by atoms with Gasteiger partial charge in [0.1, 0.15) is 0 Å². The number of nitrogens with zero attached hydrogens (tertiary/aromatic N) is 6. The number of hydrogen-bond donors (Lipinski definition) is 0. The smallest absolute Gasteiger partial charge is 0.222 e. The molecule has 1 saturated heterocycles. The molecule has 1 aliphatic rings. The monoisotopic (exact) mass is 452 g/mol. The molecule has 0 bridgehead atoms. The summed E-state index contributed by atoms with van der Waals surface area (Å²) in [5.74, 6) is 1.000. The number of carbonyl (C=O) groups excluding carboxylic acids is 1. The van der Waals surface area contributed by atoms with Gasteiger partial charge in [0.15, 0.2) is 10.8 Å². The van der Waals surface area contributed by atoms with Gasteiger partial charge < -0.3 is 9.32 Å². The SMILES string of the molecule is Cc1nn(CCC#N)c(C)c1CCC(=O)N1CCN(Cc2csc(-c3ccco3)n2)CC1. The summed E-state index contributed by atoms with van der Waals surface area (Å²) >= 11 is 1.60. The number of nitriles is 1. The minimum atomic E-state index is 0.196. The zero-order valence-corrected chi connectivity index (χ0v) is 19.4. The molecule has 0 unspecified atom stereocenters. The summed E-state index contributed by atoms with van der Waals surface area (Å²) in [7, 11) is 0. The van der Waals surface area contributed by atoms with Crippen LogP contribution in [0.2, 0.25) is 0 Å². The highest BCUT2D eigenvalue weighted by Gasteiger charge is 2.22. The van der Waals surface area contributed by atoms with Crippen LogP contribution in [0.15, 0.2) is 28.2 Å². The van der Waals surface area contributed by atoms with Crippen molar-refractivity contribution in [1.82, 2.24) is 24.6 Å². The molecule has 0 atom stereocenters. The molecule has 168 valence electrons. The van der Waals surface area contributed by atoms with Gasteiger partial charge in [0.25, 0.3) is 0 Å². The van der Waals surface area contributed by atoms with Crippen LogP contribution in [0.1, 0.15) is 35.5 Å². The summed E-state index contributed by atoms with van der Waals surface area (Å²) in [6.07, 6.45) is 3.29. The Balaban J connectivity index is 1.24. The first-order valence-corrected chi connectivity index (χ1v) is 11.8. The van der Waals surface area contributed by atoms with Crippen LogP contribution in [0.3, 0.4) is 0 Å². The summed E-state index contributed by atoms with van der Waals surface area (Å²) in [5.41, 5.74) is 4.19. The number of thiazole rings is 1. The van der Waals surface area contributed by atoms with Gasteiger partial charge in [-0.1, -0.05) is 0 Å². The number of rotatable bonds is 8. The number of furan rings is 1. The van der Waals surface area contributed by atoms with E-state index in [4.69, 9.17) is 9.68 Å². The maximum atomic E-state index is 12.8. The van der Waals surface area contributed by atoms with E-state index in [0.29, 0.717) is 25.8 Å². The minimum absolute atomic E-state index is 0.196. The van der Waals surface area contributed by atoms with Crippen LogP contribution in [0.5, 0.6) is 0 Å². The van der Waals surface area contributed by atoms with Crippen molar-refractivity contribution in [1.29, 1.82) is 5.26 Å². The van der Waals surface area contributed by atoms with E-state index in [1.165, 1.54) is 0 Å². The maximum Gasteiger partial charge on any atom is 0.222 e. The van der Waals surface area contributed by atoms with Gasteiger partial charge in [0.2, 0.25) is 5.91 Å². The first kappa shape index (κ1) is 22.2. The Hall–Kier alpha value is -2.96. The highest BCUT2D eigenvalue weighted by Crippen LogP contribution is 2.24. The van der Waals surface area contributed by atoms with E-state index in [2.05, 4.69) is 26.4 Å². The Kier molecular flexibility index (Phi) is 7.02. The molecule has 1 aliphatic heterocycles. The third-order valence-electron chi connectivity index (χ3n) is 5.95. The molecule has 0 spiro atoms. The molecule has 1 fully saturated rings. The van der Waals surface area contributed by atoms with Crippen molar-refractivity contribution in [2.24, 2.45) is 0 Å². The van der Waals surface area contributed by atoms with Gasteiger partial charge in [0, 0.05) is 50.2 Å². The lowest BCUT2D eigenvalue weighted by Gasteiger charge is -2.34. The van der Waals surface area contributed by atoms with Gasteiger partial charge in [0.05, 0.1) is 36.7 Å². The molecule has 0 radical (unpaired) electrons. The third kappa shape index (κ3) is 5.09. The summed E-state index contributed by atoms with van der Waals surface area (Å²) in [4.78, 5) is 21.8. The second-order valence-electron chi connectivity index (χ2n) is 8.06. The number of aromatic nitrogens is 3. The van der Waals surface area contributed by atoms with Crippen LogP contribution in [-0.4, -0.2) is 56.7 Å². The predicted molar refractivity (Wildman–Crippen MR) is 122 cm³/mol. The van der Waals surface area contributed by atoms with Crippen molar-refractivity contribution >= 4 is 17.2 Å². The Labute approximate surface area is 192 Å². The molecular weight excluding hydrogens is 424 g/mol. The predicted octanol–water partition coefficient (Wildman–Crippen LogP) is 3.41. The summed E-state index contributed by atoms with van der Waals surface area (Å²) < 4.78 is 7.31. The van der Waals surface area contributed by atoms with Crippen LogP contribution in [0.25, 0.3) is 10.8 Å². The number of piperazine rings is 1. The van der Waals surface area contributed by atoms with Crippen LogP contribution >= 0.6 is 11.3 Å². The van der Waals surface area contributed by atoms with Gasteiger partial charge in [-0.2, -0.15) is 10.4 Å². The van der Waals surface area contributed by atoms with Crippen molar-refractivity contribution < 1.29 is 9.21 Å². The third-order valence-corrected chi connectivity index (χ3v) is 6.86. The standard InChI is InChI=1S/C23H28N6O2S/c1-17-20(18(2)29(26-17)9-4-8-24)6-7-22(30)28-12-10-27(11-13-28)15-19-16-32-23(25-19)21-5-3-14-31-21/h3,5,14,16H,4,6-7,9-13,15H2,1-2H3. The van der Waals surface area contributed by atoms with E-state index >= 15 is 0 Å². The Morgan fingerprint density at radius 2 is 2.09 bits per heavy atom. The average Bonchev–Trinajstić information content (AvgIpc) is 3.53. The van der Waals surface area contributed by atoms with Crippen LogP contribution in [0.4, 0.5) is 0 Å². The molecule has 0 saturated carbocycles. The molecular formula is C23H28N6O2S. The fourth-order valence-electron chi connectivity index (χ4n) is 4.14. The Morgan fingerprint density at radius 3 is 2.81 bits per heavy atom. The highest BCUT2D eigenvalue weighted by molar-refractivity contribution is 7.13. The second kappa shape index (κ2) is 10.1. The van der Waals surface area contributed by atoms with Crippen LogP contribution < -0.4 is 0 Å². The van der Waals surface area contributed by atoms with Crippen molar-refractivity contribution in [2.75, 3.05) is 26.2 Å². The van der Waals surface area contributed by atoms with Crippen molar-refractivity contribution in [3.05, 3.63) is 46.4 Å². The number of amides is 1. The summed E-state index contributed by atoms with van der Waals surface area (Å²) in [6.45, 7) is 8.57. The van der Waals surface area contributed by atoms with Gasteiger partial charge in [-0.25, -0.2) is 4.98 Å². The Bertz CT molecular complexity index is 1090. The molecule has 3 aromatic heterocycles. The van der Waals surface area contributed by atoms with E-state index in [9.17, 15) is 4.79 Å². The van der Waals surface area contributed by atoms with Crippen LogP contribution in [-0.2, 0) is 24.3 Å².